The van der Waals surface area contributed by atoms with Gasteiger partial charge in [0.1, 0.15) is 6.04 Å². The van der Waals surface area contributed by atoms with Crippen molar-refractivity contribution in [1.29, 1.82) is 0 Å². The molecular formula is C13H13N3O6. The molecule has 1 atom stereocenters. The van der Waals surface area contributed by atoms with Crippen LogP contribution in [0.25, 0.3) is 0 Å². The van der Waals surface area contributed by atoms with Crippen LogP contribution in [0.15, 0.2) is 18.2 Å². The van der Waals surface area contributed by atoms with E-state index in [0.29, 0.717) is 0 Å². The number of carbonyl (C=O) groups excluding carboxylic acids is 2. The lowest BCUT2D eigenvalue weighted by molar-refractivity contribution is -0.384. The van der Waals surface area contributed by atoms with Crippen LogP contribution in [0.1, 0.15) is 27.6 Å². The Morgan fingerprint density at radius 1 is 1.36 bits per heavy atom. The highest BCUT2D eigenvalue weighted by Crippen LogP contribution is 2.20. The summed E-state index contributed by atoms with van der Waals surface area (Å²) in [6.07, 6.45) is 0. The van der Waals surface area contributed by atoms with E-state index < -0.39 is 28.5 Å². The zero-order chi connectivity index (χ0) is 16.4. The minimum absolute atomic E-state index is 0.131. The molecule has 9 nitrogen and oxygen atoms in total. The van der Waals surface area contributed by atoms with E-state index in [0.717, 1.165) is 18.2 Å². The van der Waals surface area contributed by atoms with Crippen LogP contribution < -0.4 is 5.32 Å². The molecule has 1 aliphatic rings. The smallest absolute Gasteiger partial charge is 0.335 e. The lowest BCUT2D eigenvalue weighted by Crippen LogP contribution is -2.55. The first-order chi connectivity index (χ1) is 10.3. The molecule has 0 radical (unpaired) electrons. The highest BCUT2D eigenvalue weighted by atomic mass is 16.6. The molecule has 9 heteroatoms. The van der Waals surface area contributed by atoms with Crippen molar-refractivity contribution in [2.75, 3.05) is 13.1 Å². The van der Waals surface area contributed by atoms with Crippen LogP contribution in [0.5, 0.6) is 0 Å². The van der Waals surface area contributed by atoms with Crippen LogP contribution in [0.4, 0.5) is 5.69 Å². The SMILES string of the molecule is CC1C(=O)NCCN1C(=O)c1cc(C(=O)O)cc([N+](=O)[O-])c1. The van der Waals surface area contributed by atoms with Gasteiger partial charge in [0.25, 0.3) is 11.6 Å². The monoisotopic (exact) mass is 307 g/mol. The van der Waals surface area contributed by atoms with E-state index in [9.17, 15) is 24.5 Å². The maximum absolute atomic E-state index is 12.4. The van der Waals surface area contributed by atoms with E-state index in [1.165, 1.54) is 11.8 Å². The minimum atomic E-state index is -1.37. The Labute approximate surface area is 124 Å². The molecule has 1 aliphatic heterocycles. The highest BCUT2D eigenvalue weighted by molar-refractivity contribution is 6.00. The second-order valence-corrected chi connectivity index (χ2v) is 4.80. The summed E-state index contributed by atoms with van der Waals surface area (Å²) in [5.74, 6) is -2.32. The summed E-state index contributed by atoms with van der Waals surface area (Å²) < 4.78 is 0. The third-order valence-corrected chi connectivity index (χ3v) is 3.38. The fourth-order valence-electron chi connectivity index (χ4n) is 2.19. The Bertz CT molecular complexity index is 639. The molecule has 0 aromatic heterocycles. The van der Waals surface area contributed by atoms with E-state index in [4.69, 9.17) is 5.11 Å². The van der Waals surface area contributed by atoms with Gasteiger partial charge in [0.15, 0.2) is 0 Å². The van der Waals surface area contributed by atoms with Crippen LogP contribution in [-0.4, -0.2) is 51.8 Å². The first-order valence-electron chi connectivity index (χ1n) is 6.42. The lowest BCUT2D eigenvalue weighted by Gasteiger charge is -2.32. The number of nitro groups is 1. The molecule has 1 saturated heterocycles. The maximum atomic E-state index is 12.4. The van der Waals surface area contributed by atoms with E-state index in [1.54, 1.807) is 0 Å². The predicted octanol–water partition coefficient (Wildman–Crippen LogP) is 0.253. The van der Waals surface area contributed by atoms with Crippen LogP contribution in [0.3, 0.4) is 0 Å². The van der Waals surface area contributed by atoms with Gasteiger partial charge in [-0.25, -0.2) is 4.79 Å². The number of nitrogens with one attached hydrogen (secondary N) is 1. The zero-order valence-electron chi connectivity index (χ0n) is 11.6. The number of nitro benzene ring substituents is 1. The van der Waals surface area contributed by atoms with E-state index in [-0.39, 0.29) is 30.1 Å². The number of carbonyl (C=O) groups is 3. The standard InChI is InChI=1S/C13H13N3O6/c1-7-11(17)14-2-3-15(7)12(18)8-4-9(13(19)20)6-10(5-8)16(21)22/h4-7H,2-3H2,1H3,(H,14,17)(H,19,20). The summed E-state index contributed by atoms with van der Waals surface area (Å²) in [4.78, 5) is 46.4. The first-order valence-corrected chi connectivity index (χ1v) is 6.42. The van der Waals surface area contributed by atoms with Crippen molar-refractivity contribution in [2.45, 2.75) is 13.0 Å². The van der Waals surface area contributed by atoms with Gasteiger partial charge in [-0.3, -0.25) is 19.7 Å². The quantitative estimate of drug-likeness (QED) is 0.608. The Balaban J connectivity index is 2.42. The summed E-state index contributed by atoms with van der Waals surface area (Å²) >= 11 is 0. The average Bonchev–Trinajstić information content (AvgIpc) is 2.48. The molecule has 1 aromatic rings. The van der Waals surface area contributed by atoms with E-state index >= 15 is 0 Å². The van der Waals surface area contributed by atoms with Crippen molar-refractivity contribution in [3.05, 3.63) is 39.4 Å². The van der Waals surface area contributed by atoms with Crippen LogP contribution in [-0.2, 0) is 4.79 Å². The van der Waals surface area contributed by atoms with E-state index in [2.05, 4.69) is 5.32 Å². The van der Waals surface area contributed by atoms with Crippen LogP contribution in [0.2, 0.25) is 0 Å². The van der Waals surface area contributed by atoms with Gasteiger partial charge in [-0.1, -0.05) is 0 Å². The van der Waals surface area contributed by atoms with Crippen molar-refractivity contribution in [3.8, 4) is 0 Å². The third kappa shape index (κ3) is 2.87. The molecule has 2 amide bonds. The van der Waals surface area contributed by atoms with Crippen molar-refractivity contribution < 1.29 is 24.4 Å². The van der Waals surface area contributed by atoms with Crippen molar-refractivity contribution in [3.63, 3.8) is 0 Å². The lowest BCUT2D eigenvalue weighted by atomic mass is 10.1. The number of hydrogen-bond acceptors (Lipinski definition) is 5. The molecular weight excluding hydrogens is 294 g/mol. The molecule has 22 heavy (non-hydrogen) atoms. The molecule has 0 bridgehead atoms. The molecule has 2 rings (SSSR count). The number of rotatable bonds is 3. The number of benzene rings is 1. The van der Waals surface area contributed by atoms with Gasteiger partial charge in [-0.05, 0) is 13.0 Å². The normalized spacial score (nSPS) is 17.8. The molecule has 0 saturated carbocycles. The number of piperazine rings is 1. The molecule has 1 unspecified atom stereocenters. The average molecular weight is 307 g/mol. The summed E-state index contributed by atoms with van der Waals surface area (Å²) in [6, 6.07) is 2.23. The molecule has 0 spiro atoms. The largest absolute Gasteiger partial charge is 0.478 e. The second kappa shape index (κ2) is 5.80. The van der Waals surface area contributed by atoms with Crippen LogP contribution in [0, 0.1) is 10.1 Å². The van der Waals surface area contributed by atoms with Gasteiger partial charge in [-0.2, -0.15) is 0 Å². The molecule has 2 N–H and O–H groups in total. The zero-order valence-corrected chi connectivity index (χ0v) is 11.6. The highest BCUT2D eigenvalue weighted by Gasteiger charge is 2.31. The van der Waals surface area contributed by atoms with Gasteiger partial charge in [-0.15, -0.1) is 0 Å². The Hall–Kier alpha value is -2.97. The minimum Gasteiger partial charge on any atom is -0.478 e. The van der Waals surface area contributed by atoms with Crippen molar-refractivity contribution >= 4 is 23.5 Å². The Morgan fingerprint density at radius 3 is 2.59 bits per heavy atom. The Morgan fingerprint density at radius 2 is 2.00 bits per heavy atom. The number of non-ortho nitro benzene ring substituents is 1. The number of aromatic carboxylic acids is 1. The maximum Gasteiger partial charge on any atom is 0.335 e. The number of carboxylic acid groups (broad SMARTS) is 1. The number of nitrogens with zero attached hydrogens (tertiary/aromatic N) is 2. The summed E-state index contributed by atoms with van der Waals surface area (Å²) in [5.41, 5.74) is -0.975. The van der Waals surface area contributed by atoms with Gasteiger partial charge >= 0.3 is 5.97 Å². The molecule has 1 aromatic carbocycles. The van der Waals surface area contributed by atoms with Gasteiger partial charge in [0.05, 0.1) is 10.5 Å². The fourth-order valence-corrected chi connectivity index (χ4v) is 2.19. The number of amides is 2. The topological polar surface area (TPSA) is 130 Å². The summed E-state index contributed by atoms with van der Waals surface area (Å²) in [7, 11) is 0. The second-order valence-electron chi connectivity index (χ2n) is 4.80. The summed E-state index contributed by atoms with van der Waals surface area (Å²) in [6.45, 7) is 2.05. The van der Waals surface area contributed by atoms with Crippen LogP contribution >= 0.6 is 0 Å². The number of carboxylic acids is 1. The predicted molar refractivity (Wildman–Crippen MR) is 73.6 cm³/mol. The molecule has 1 fully saturated rings. The fraction of sp³-hybridized carbons (Fsp3) is 0.308. The van der Waals surface area contributed by atoms with Gasteiger partial charge in [0, 0.05) is 30.8 Å². The molecule has 0 aliphatic carbocycles. The third-order valence-electron chi connectivity index (χ3n) is 3.38. The molecule has 116 valence electrons. The van der Waals surface area contributed by atoms with Crippen molar-refractivity contribution in [1.82, 2.24) is 10.2 Å². The van der Waals surface area contributed by atoms with Gasteiger partial charge in [0.2, 0.25) is 5.91 Å². The van der Waals surface area contributed by atoms with Crippen molar-refractivity contribution in [2.24, 2.45) is 0 Å². The number of hydrogen-bond donors (Lipinski definition) is 2. The van der Waals surface area contributed by atoms with Gasteiger partial charge < -0.3 is 15.3 Å². The first kappa shape index (κ1) is 15.4. The Kier molecular flexibility index (Phi) is 4.06. The molecule has 1 heterocycles. The summed E-state index contributed by atoms with van der Waals surface area (Å²) in [5, 5.41) is 22.4. The van der Waals surface area contributed by atoms with E-state index in [1.807, 2.05) is 0 Å².